The number of alkyl halides is 1. The van der Waals surface area contributed by atoms with Gasteiger partial charge in [0.05, 0.1) is 0 Å². The second-order valence-corrected chi connectivity index (χ2v) is 4.76. The first-order valence-electron chi connectivity index (χ1n) is 6.62. The average Bonchev–Trinajstić information content (AvgIpc) is 2.43. The topological polar surface area (TPSA) is 17.1 Å². The molecule has 2 heteroatoms. The Bertz CT molecular complexity index is 381. The lowest BCUT2D eigenvalue weighted by Gasteiger charge is -2.11. The maximum Gasteiger partial charge on any atom is 0.146 e. The van der Waals surface area contributed by atoms with Crippen LogP contribution in [0.15, 0.2) is 35.9 Å². The predicted octanol–water partition coefficient (Wildman–Crippen LogP) is 4.85. The van der Waals surface area contributed by atoms with E-state index in [1.165, 1.54) is 11.1 Å². The Hall–Kier alpha value is -1.08. The third kappa shape index (κ3) is 4.66. The standard InChI is InChI=1S/C16H21ClO/c1-2-8-15(13-18)16(11-6-7-12-17)14-9-4-3-5-10-14/h3-5,9-10,13H,2,6-8,11-12H2,1H3/b16-15+. The van der Waals surface area contributed by atoms with E-state index < -0.39 is 0 Å². The van der Waals surface area contributed by atoms with Gasteiger partial charge in [-0.05, 0) is 42.4 Å². The fourth-order valence-electron chi connectivity index (χ4n) is 2.08. The Kier molecular flexibility index (Phi) is 7.43. The van der Waals surface area contributed by atoms with Gasteiger partial charge in [0.1, 0.15) is 6.29 Å². The molecular formula is C16H21ClO. The monoisotopic (exact) mass is 264 g/mol. The van der Waals surface area contributed by atoms with Crippen molar-refractivity contribution in [2.24, 2.45) is 0 Å². The average molecular weight is 265 g/mol. The van der Waals surface area contributed by atoms with Gasteiger partial charge in [0.15, 0.2) is 0 Å². The number of carbonyl (C=O) groups is 1. The molecule has 0 spiro atoms. The zero-order valence-corrected chi connectivity index (χ0v) is 11.7. The molecule has 0 saturated carbocycles. The molecule has 0 aliphatic carbocycles. The van der Waals surface area contributed by atoms with Crippen molar-refractivity contribution in [3.8, 4) is 0 Å². The Morgan fingerprint density at radius 2 is 1.89 bits per heavy atom. The van der Waals surface area contributed by atoms with Crippen molar-refractivity contribution >= 4 is 23.5 Å². The highest BCUT2D eigenvalue weighted by Gasteiger charge is 2.08. The van der Waals surface area contributed by atoms with Crippen LogP contribution < -0.4 is 0 Å². The zero-order chi connectivity index (χ0) is 13.2. The van der Waals surface area contributed by atoms with E-state index in [4.69, 9.17) is 11.6 Å². The molecule has 0 radical (unpaired) electrons. The van der Waals surface area contributed by atoms with Crippen molar-refractivity contribution < 1.29 is 4.79 Å². The van der Waals surface area contributed by atoms with Gasteiger partial charge in [-0.2, -0.15) is 0 Å². The van der Waals surface area contributed by atoms with Gasteiger partial charge in [-0.3, -0.25) is 4.79 Å². The van der Waals surface area contributed by atoms with Crippen LogP contribution in [0.4, 0.5) is 0 Å². The molecule has 98 valence electrons. The number of unbranched alkanes of at least 4 members (excludes halogenated alkanes) is 1. The van der Waals surface area contributed by atoms with Crippen LogP contribution in [0.3, 0.4) is 0 Å². The van der Waals surface area contributed by atoms with Crippen LogP contribution in [0.5, 0.6) is 0 Å². The van der Waals surface area contributed by atoms with Gasteiger partial charge < -0.3 is 0 Å². The van der Waals surface area contributed by atoms with Gasteiger partial charge in [0, 0.05) is 5.88 Å². The summed E-state index contributed by atoms with van der Waals surface area (Å²) < 4.78 is 0. The van der Waals surface area contributed by atoms with Crippen LogP contribution in [0, 0.1) is 0 Å². The van der Waals surface area contributed by atoms with Crippen molar-refractivity contribution in [3.63, 3.8) is 0 Å². The van der Waals surface area contributed by atoms with E-state index in [0.717, 1.165) is 44.0 Å². The Labute approximate surface area is 115 Å². The lowest BCUT2D eigenvalue weighted by molar-refractivity contribution is -0.105. The molecule has 0 unspecified atom stereocenters. The molecule has 18 heavy (non-hydrogen) atoms. The summed E-state index contributed by atoms with van der Waals surface area (Å²) in [5.74, 6) is 0.687. The van der Waals surface area contributed by atoms with Crippen LogP contribution in [0.25, 0.3) is 5.57 Å². The predicted molar refractivity (Wildman–Crippen MR) is 78.9 cm³/mol. The fraction of sp³-hybridized carbons (Fsp3) is 0.438. The smallest absolute Gasteiger partial charge is 0.146 e. The Morgan fingerprint density at radius 3 is 2.44 bits per heavy atom. The number of rotatable bonds is 8. The summed E-state index contributed by atoms with van der Waals surface area (Å²) in [4.78, 5) is 11.3. The number of hydrogen-bond donors (Lipinski definition) is 0. The van der Waals surface area contributed by atoms with Crippen molar-refractivity contribution in [3.05, 3.63) is 41.5 Å². The van der Waals surface area contributed by atoms with E-state index in [1.807, 2.05) is 18.2 Å². The summed E-state index contributed by atoms with van der Waals surface area (Å²) in [7, 11) is 0. The van der Waals surface area contributed by atoms with Gasteiger partial charge in [0.25, 0.3) is 0 Å². The second kappa shape index (κ2) is 8.93. The first kappa shape index (κ1) is 15.0. The van der Waals surface area contributed by atoms with Crippen LogP contribution in [0.1, 0.15) is 44.6 Å². The normalized spacial score (nSPS) is 12.1. The molecule has 0 aliphatic heterocycles. The van der Waals surface area contributed by atoms with Crippen molar-refractivity contribution in [2.75, 3.05) is 5.88 Å². The van der Waals surface area contributed by atoms with E-state index in [9.17, 15) is 4.79 Å². The summed E-state index contributed by atoms with van der Waals surface area (Å²) in [5.41, 5.74) is 3.30. The number of allylic oxidation sites excluding steroid dienone is 2. The molecule has 0 bridgehead atoms. The molecule has 0 N–H and O–H groups in total. The molecule has 1 rings (SSSR count). The first-order valence-corrected chi connectivity index (χ1v) is 7.15. The summed E-state index contributed by atoms with van der Waals surface area (Å²) in [6, 6.07) is 10.2. The molecule has 0 aromatic heterocycles. The lowest BCUT2D eigenvalue weighted by atomic mass is 9.93. The number of benzene rings is 1. The van der Waals surface area contributed by atoms with E-state index in [2.05, 4.69) is 19.1 Å². The number of hydrogen-bond acceptors (Lipinski definition) is 1. The van der Waals surface area contributed by atoms with E-state index in [-0.39, 0.29) is 0 Å². The molecule has 0 heterocycles. The summed E-state index contributed by atoms with van der Waals surface area (Å²) in [6.07, 6.45) is 5.84. The van der Waals surface area contributed by atoms with Crippen molar-refractivity contribution in [2.45, 2.75) is 39.0 Å². The minimum absolute atomic E-state index is 0.687. The van der Waals surface area contributed by atoms with Crippen molar-refractivity contribution in [1.82, 2.24) is 0 Å². The van der Waals surface area contributed by atoms with Crippen molar-refractivity contribution in [1.29, 1.82) is 0 Å². The third-order valence-electron chi connectivity index (χ3n) is 2.98. The van der Waals surface area contributed by atoms with Gasteiger partial charge >= 0.3 is 0 Å². The van der Waals surface area contributed by atoms with E-state index in [1.54, 1.807) is 0 Å². The zero-order valence-electron chi connectivity index (χ0n) is 11.0. The second-order valence-electron chi connectivity index (χ2n) is 4.38. The van der Waals surface area contributed by atoms with Crippen LogP contribution in [-0.4, -0.2) is 12.2 Å². The van der Waals surface area contributed by atoms with Gasteiger partial charge in [-0.15, -0.1) is 11.6 Å². The number of carbonyl (C=O) groups excluding carboxylic acids is 1. The van der Waals surface area contributed by atoms with E-state index >= 15 is 0 Å². The molecule has 1 nitrogen and oxygen atoms in total. The van der Waals surface area contributed by atoms with Gasteiger partial charge in [-0.1, -0.05) is 43.7 Å². The highest BCUT2D eigenvalue weighted by molar-refractivity contribution is 6.17. The Balaban J connectivity index is 2.97. The van der Waals surface area contributed by atoms with Crippen LogP contribution >= 0.6 is 11.6 Å². The molecule has 0 atom stereocenters. The maximum atomic E-state index is 11.3. The van der Waals surface area contributed by atoms with Crippen LogP contribution in [0.2, 0.25) is 0 Å². The highest BCUT2D eigenvalue weighted by Crippen LogP contribution is 2.26. The SMILES string of the molecule is CCC/C(C=O)=C(/CCCCCl)c1ccccc1. The minimum Gasteiger partial charge on any atom is -0.298 e. The fourth-order valence-corrected chi connectivity index (χ4v) is 2.27. The van der Waals surface area contributed by atoms with Gasteiger partial charge in [-0.25, -0.2) is 0 Å². The summed E-state index contributed by atoms with van der Waals surface area (Å²) in [6.45, 7) is 2.10. The molecule has 0 saturated heterocycles. The molecule has 0 aliphatic rings. The molecule has 1 aromatic rings. The number of aldehydes is 1. The van der Waals surface area contributed by atoms with E-state index in [0.29, 0.717) is 5.88 Å². The third-order valence-corrected chi connectivity index (χ3v) is 3.25. The summed E-state index contributed by atoms with van der Waals surface area (Å²) >= 11 is 5.72. The maximum absolute atomic E-state index is 11.3. The summed E-state index contributed by atoms with van der Waals surface area (Å²) in [5, 5.41) is 0. The highest BCUT2D eigenvalue weighted by atomic mass is 35.5. The van der Waals surface area contributed by atoms with Gasteiger partial charge in [0.2, 0.25) is 0 Å². The molecule has 0 amide bonds. The molecule has 0 fully saturated rings. The minimum atomic E-state index is 0.687. The lowest BCUT2D eigenvalue weighted by Crippen LogP contribution is -1.95. The Morgan fingerprint density at radius 1 is 1.17 bits per heavy atom. The van der Waals surface area contributed by atoms with Crippen LogP contribution in [-0.2, 0) is 4.79 Å². The quantitative estimate of drug-likeness (QED) is 0.284. The molecule has 1 aromatic carbocycles. The largest absolute Gasteiger partial charge is 0.298 e. The molecular weight excluding hydrogens is 244 g/mol. The first-order chi connectivity index (χ1) is 8.83. The number of halogens is 1.